The van der Waals surface area contributed by atoms with Gasteiger partial charge in [-0.25, -0.2) is 0 Å². The normalized spacial score (nSPS) is 21.4. The largest absolute Gasteiger partial charge is 0.404 e. The fraction of sp³-hybridized carbons (Fsp3) is 0.533. The van der Waals surface area contributed by atoms with Crippen LogP contribution in [0.5, 0.6) is 0 Å². The summed E-state index contributed by atoms with van der Waals surface area (Å²) in [5.74, 6) is -0.0142. The maximum atomic E-state index is 13.2. The quantitative estimate of drug-likeness (QED) is 0.926. The number of hydrogen-bond donors (Lipinski definition) is 1. The highest BCUT2D eigenvalue weighted by Crippen LogP contribution is 2.25. The highest BCUT2D eigenvalue weighted by molar-refractivity contribution is 5.76. The molecule has 2 unspecified atom stereocenters. The summed E-state index contributed by atoms with van der Waals surface area (Å²) >= 11 is 0. The van der Waals surface area contributed by atoms with Gasteiger partial charge < -0.3 is 10.2 Å². The van der Waals surface area contributed by atoms with Gasteiger partial charge in [0.15, 0.2) is 0 Å². The Morgan fingerprint density at radius 1 is 1.33 bits per heavy atom. The van der Waals surface area contributed by atoms with Gasteiger partial charge >= 0.3 is 6.18 Å². The van der Waals surface area contributed by atoms with Crippen molar-refractivity contribution >= 4 is 5.91 Å². The molecule has 2 atom stereocenters. The third-order valence-corrected chi connectivity index (χ3v) is 3.74. The molecule has 1 aromatic rings. The number of amides is 1. The smallest absolute Gasteiger partial charge is 0.344 e. The zero-order chi connectivity index (χ0) is 15.5. The van der Waals surface area contributed by atoms with Crippen molar-refractivity contribution in [2.45, 2.75) is 37.5 Å². The Bertz CT molecular complexity index is 476. The maximum Gasteiger partial charge on any atom is 0.404 e. The van der Waals surface area contributed by atoms with Crippen LogP contribution in [0.4, 0.5) is 13.2 Å². The molecule has 1 heterocycles. The van der Waals surface area contributed by atoms with Gasteiger partial charge in [-0.1, -0.05) is 30.3 Å². The molecule has 1 aliphatic heterocycles. The lowest BCUT2D eigenvalue weighted by Gasteiger charge is -2.34. The first-order valence-corrected chi connectivity index (χ1v) is 6.97. The van der Waals surface area contributed by atoms with Crippen LogP contribution in [0.3, 0.4) is 0 Å². The molecule has 1 aliphatic rings. The molecule has 0 radical (unpaired) electrons. The van der Waals surface area contributed by atoms with Gasteiger partial charge in [0.1, 0.15) is 6.04 Å². The number of alkyl halides is 3. The average Bonchev–Trinajstić information content (AvgIpc) is 2.42. The zero-order valence-corrected chi connectivity index (χ0v) is 11.9. The molecule has 21 heavy (non-hydrogen) atoms. The van der Waals surface area contributed by atoms with Gasteiger partial charge in [-0.05, 0) is 18.4 Å². The summed E-state index contributed by atoms with van der Waals surface area (Å²) < 4.78 is 39.6. The fourth-order valence-electron chi connectivity index (χ4n) is 2.55. The van der Waals surface area contributed by atoms with E-state index in [4.69, 9.17) is 0 Å². The maximum absolute atomic E-state index is 13.2. The molecule has 1 saturated heterocycles. The molecule has 1 aromatic carbocycles. The topological polar surface area (TPSA) is 32.3 Å². The molecule has 3 nitrogen and oxygen atoms in total. The van der Waals surface area contributed by atoms with E-state index in [0.29, 0.717) is 24.9 Å². The average molecular weight is 300 g/mol. The van der Waals surface area contributed by atoms with Crippen LogP contribution >= 0.6 is 0 Å². The van der Waals surface area contributed by atoms with E-state index in [2.05, 4.69) is 5.32 Å². The molecule has 1 amide bonds. The Morgan fingerprint density at radius 3 is 2.57 bits per heavy atom. The van der Waals surface area contributed by atoms with Gasteiger partial charge in [-0.3, -0.25) is 4.79 Å². The van der Waals surface area contributed by atoms with Crippen LogP contribution in [0.1, 0.15) is 18.4 Å². The second kappa shape index (κ2) is 6.47. The number of likely N-dealkylation sites (N-methyl/N-ethyl adjacent to an activating group) is 1. The Hall–Kier alpha value is -1.56. The fourth-order valence-corrected chi connectivity index (χ4v) is 2.55. The van der Waals surface area contributed by atoms with Crippen molar-refractivity contribution < 1.29 is 18.0 Å². The highest BCUT2D eigenvalue weighted by atomic mass is 19.4. The number of piperidine rings is 1. The van der Waals surface area contributed by atoms with Gasteiger partial charge in [0.05, 0.1) is 0 Å². The van der Waals surface area contributed by atoms with E-state index >= 15 is 0 Å². The molecular weight excluding hydrogens is 281 g/mol. The van der Waals surface area contributed by atoms with E-state index in [9.17, 15) is 18.0 Å². The molecular formula is C15H19F3N2O. The van der Waals surface area contributed by atoms with E-state index in [1.807, 2.05) is 0 Å². The molecule has 0 bridgehead atoms. The van der Waals surface area contributed by atoms with Crippen LogP contribution < -0.4 is 5.32 Å². The number of nitrogens with zero attached hydrogens (tertiary/aromatic N) is 1. The first-order valence-electron chi connectivity index (χ1n) is 6.97. The van der Waals surface area contributed by atoms with Gasteiger partial charge in [-0.15, -0.1) is 0 Å². The van der Waals surface area contributed by atoms with Crippen LogP contribution in [0.2, 0.25) is 0 Å². The van der Waals surface area contributed by atoms with Gasteiger partial charge in [0.2, 0.25) is 5.91 Å². The molecule has 0 spiro atoms. The second-order valence-electron chi connectivity index (χ2n) is 5.46. The number of carbonyl (C=O) groups is 1. The van der Waals surface area contributed by atoms with Crippen LogP contribution in [-0.4, -0.2) is 42.7 Å². The van der Waals surface area contributed by atoms with Crippen LogP contribution in [0.15, 0.2) is 30.3 Å². The van der Waals surface area contributed by atoms with Gasteiger partial charge in [0.25, 0.3) is 0 Å². The van der Waals surface area contributed by atoms with Crippen molar-refractivity contribution in [1.29, 1.82) is 0 Å². The lowest BCUT2D eigenvalue weighted by Crippen LogP contribution is -2.54. The number of nitrogens with one attached hydrogen (secondary N) is 1. The van der Waals surface area contributed by atoms with Crippen LogP contribution in [0, 0.1) is 0 Å². The first-order chi connectivity index (χ1) is 9.86. The number of halogens is 3. The summed E-state index contributed by atoms with van der Waals surface area (Å²) in [4.78, 5) is 12.9. The van der Waals surface area contributed by atoms with Crippen molar-refractivity contribution in [1.82, 2.24) is 10.2 Å². The second-order valence-corrected chi connectivity index (χ2v) is 5.46. The Balaban J connectivity index is 2.02. The third-order valence-electron chi connectivity index (χ3n) is 3.74. The molecule has 1 N–H and O–H groups in total. The van der Waals surface area contributed by atoms with Crippen molar-refractivity contribution in [3.05, 3.63) is 35.9 Å². The number of rotatable bonds is 4. The van der Waals surface area contributed by atoms with E-state index in [0.717, 1.165) is 0 Å². The monoisotopic (exact) mass is 300 g/mol. The van der Waals surface area contributed by atoms with Crippen molar-refractivity contribution in [2.24, 2.45) is 0 Å². The minimum absolute atomic E-state index is 0.0142. The van der Waals surface area contributed by atoms with Crippen LogP contribution in [0.25, 0.3) is 0 Å². The molecule has 1 fully saturated rings. The van der Waals surface area contributed by atoms with Gasteiger partial charge in [0, 0.05) is 26.1 Å². The molecule has 2 rings (SSSR count). The Kier molecular flexibility index (Phi) is 4.88. The van der Waals surface area contributed by atoms with E-state index in [1.54, 1.807) is 37.4 Å². The van der Waals surface area contributed by atoms with Crippen molar-refractivity contribution in [2.75, 3.05) is 13.6 Å². The molecule has 0 saturated carbocycles. The predicted molar refractivity (Wildman–Crippen MR) is 73.8 cm³/mol. The summed E-state index contributed by atoms with van der Waals surface area (Å²) in [6.07, 6.45) is -3.66. The first kappa shape index (κ1) is 15.8. The Labute approximate surface area is 122 Å². The van der Waals surface area contributed by atoms with E-state index in [-0.39, 0.29) is 18.4 Å². The summed E-state index contributed by atoms with van der Waals surface area (Å²) in [5.41, 5.74) is 0.646. The van der Waals surface area contributed by atoms with Crippen molar-refractivity contribution in [3.8, 4) is 0 Å². The predicted octanol–water partition coefficient (Wildman–Crippen LogP) is 2.37. The standard InChI is InChI=1S/C15H19F3N2O/c1-20-10-12(7-8-14(20)21)19-13(15(16,17)18)9-11-5-3-2-4-6-11/h2-6,12-13,19H,7-10H2,1H3. The summed E-state index contributed by atoms with van der Waals surface area (Å²) in [5, 5.41) is 2.68. The third kappa shape index (κ3) is 4.46. The lowest BCUT2D eigenvalue weighted by atomic mass is 10.0. The number of carbonyl (C=O) groups excluding carboxylic acids is 1. The lowest BCUT2D eigenvalue weighted by molar-refractivity contribution is -0.158. The minimum atomic E-state index is -4.31. The summed E-state index contributed by atoms with van der Waals surface area (Å²) in [6.45, 7) is 0.320. The number of likely N-dealkylation sites (tertiary alicyclic amines) is 1. The molecule has 116 valence electrons. The zero-order valence-electron chi connectivity index (χ0n) is 11.9. The molecule has 0 aliphatic carbocycles. The summed E-state index contributed by atoms with van der Waals surface area (Å²) in [7, 11) is 1.62. The highest BCUT2D eigenvalue weighted by Gasteiger charge is 2.41. The summed E-state index contributed by atoms with van der Waals surface area (Å²) in [6, 6.07) is 6.72. The Morgan fingerprint density at radius 2 is 2.00 bits per heavy atom. The minimum Gasteiger partial charge on any atom is -0.344 e. The van der Waals surface area contributed by atoms with E-state index < -0.39 is 12.2 Å². The van der Waals surface area contributed by atoms with Crippen LogP contribution in [-0.2, 0) is 11.2 Å². The number of hydrogen-bond acceptors (Lipinski definition) is 2. The van der Waals surface area contributed by atoms with E-state index in [1.165, 1.54) is 4.90 Å². The van der Waals surface area contributed by atoms with Crippen molar-refractivity contribution in [3.63, 3.8) is 0 Å². The molecule has 0 aromatic heterocycles. The number of benzene rings is 1. The SMILES string of the molecule is CN1CC(NC(Cc2ccccc2)C(F)(F)F)CCC1=O. The van der Waals surface area contributed by atoms with Gasteiger partial charge in [-0.2, -0.15) is 13.2 Å². The molecule has 6 heteroatoms.